The maximum absolute atomic E-state index is 11.3. The van der Waals surface area contributed by atoms with E-state index in [1.165, 1.54) is 43.6 Å². The summed E-state index contributed by atoms with van der Waals surface area (Å²) in [5, 5.41) is 4.03. The van der Waals surface area contributed by atoms with Gasteiger partial charge in [-0.3, -0.25) is 4.79 Å². The van der Waals surface area contributed by atoms with Gasteiger partial charge in [0.2, 0.25) is 5.91 Å². The van der Waals surface area contributed by atoms with E-state index in [0.717, 1.165) is 29.9 Å². The van der Waals surface area contributed by atoms with Crippen LogP contribution in [0.5, 0.6) is 0 Å². The number of aryl methyl sites for hydroxylation is 2. The smallest absolute Gasteiger partial charge is 0.221 e. The van der Waals surface area contributed by atoms with Crippen LogP contribution in [-0.2, 0) is 17.6 Å². The number of nitrogens with one attached hydrogen (secondary N) is 1. The Morgan fingerprint density at radius 2 is 1.95 bits per heavy atom. The predicted molar refractivity (Wildman–Crippen MR) is 76.4 cm³/mol. The number of anilines is 1. The van der Waals surface area contributed by atoms with Crippen molar-refractivity contribution in [2.24, 2.45) is 0 Å². The molecule has 0 saturated carbocycles. The Hall–Kier alpha value is -1.77. The molecule has 1 aliphatic rings. The summed E-state index contributed by atoms with van der Waals surface area (Å²) in [4.78, 5) is 11.3. The lowest BCUT2D eigenvalue weighted by atomic mass is 9.97. The maximum Gasteiger partial charge on any atom is 0.221 e. The molecular formula is C16H19NO2. The molecule has 100 valence electrons. The van der Waals surface area contributed by atoms with Crippen molar-refractivity contribution in [3.8, 4) is 0 Å². The van der Waals surface area contributed by atoms with Crippen molar-refractivity contribution in [1.82, 2.24) is 0 Å². The summed E-state index contributed by atoms with van der Waals surface area (Å²) < 4.78 is 6.04. The number of carbonyl (C=O) groups is 1. The monoisotopic (exact) mass is 257 g/mol. The van der Waals surface area contributed by atoms with E-state index in [0.29, 0.717) is 0 Å². The maximum atomic E-state index is 11.3. The summed E-state index contributed by atoms with van der Waals surface area (Å²) in [7, 11) is 0. The minimum atomic E-state index is -0.0590. The third kappa shape index (κ3) is 2.37. The van der Waals surface area contributed by atoms with E-state index in [4.69, 9.17) is 4.42 Å². The fourth-order valence-electron chi connectivity index (χ4n) is 2.92. The van der Waals surface area contributed by atoms with Crippen LogP contribution in [-0.4, -0.2) is 5.91 Å². The molecule has 3 rings (SSSR count). The normalized spacial score (nSPS) is 15.6. The van der Waals surface area contributed by atoms with Crippen LogP contribution in [0.1, 0.15) is 43.9 Å². The third-order valence-electron chi connectivity index (χ3n) is 3.79. The quantitative estimate of drug-likeness (QED) is 0.837. The van der Waals surface area contributed by atoms with Gasteiger partial charge in [-0.1, -0.05) is 25.0 Å². The van der Waals surface area contributed by atoms with E-state index in [2.05, 4.69) is 11.4 Å². The second-order valence-corrected chi connectivity index (χ2v) is 5.28. The first kappa shape index (κ1) is 12.3. The van der Waals surface area contributed by atoms with Crippen LogP contribution in [0.4, 0.5) is 5.69 Å². The molecule has 3 nitrogen and oxygen atoms in total. The van der Waals surface area contributed by atoms with E-state index in [-0.39, 0.29) is 5.91 Å². The van der Waals surface area contributed by atoms with Gasteiger partial charge in [0.05, 0.1) is 5.69 Å². The van der Waals surface area contributed by atoms with Crippen LogP contribution in [0.3, 0.4) is 0 Å². The van der Waals surface area contributed by atoms with Crippen LogP contribution in [0.2, 0.25) is 0 Å². The van der Waals surface area contributed by atoms with Crippen molar-refractivity contribution in [2.75, 3.05) is 5.32 Å². The Morgan fingerprint density at radius 1 is 1.16 bits per heavy atom. The van der Waals surface area contributed by atoms with E-state index in [9.17, 15) is 4.79 Å². The van der Waals surface area contributed by atoms with Gasteiger partial charge in [-0.05, 0) is 25.3 Å². The van der Waals surface area contributed by atoms with Gasteiger partial charge < -0.3 is 9.73 Å². The van der Waals surface area contributed by atoms with Gasteiger partial charge >= 0.3 is 0 Å². The lowest BCUT2D eigenvalue weighted by Crippen LogP contribution is -2.05. The molecule has 0 saturated heterocycles. The molecular weight excluding hydrogens is 238 g/mol. The standard InChI is InChI=1S/C16H19NO2/c1-11(18)17-14-9-6-8-13-12-7-4-2-3-5-10-15(12)19-16(13)14/h6,8-9H,2-5,7,10H2,1H3,(H,17,18). The first-order chi connectivity index (χ1) is 9.25. The zero-order chi connectivity index (χ0) is 13.2. The molecule has 0 radical (unpaired) electrons. The molecule has 0 fully saturated rings. The molecule has 1 aromatic carbocycles. The number of benzene rings is 1. The van der Waals surface area contributed by atoms with E-state index in [1.54, 1.807) is 0 Å². The molecule has 0 bridgehead atoms. The Bertz CT molecular complexity index is 612. The lowest BCUT2D eigenvalue weighted by molar-refractivity contribution is -0.114. The highest BCUT2D eigenvalue weighted by atomic mass is 16.3. The molecule has 1 aromatic heterocycles. The highest BCUT2D eigenvalue weighted by Gasteiger charge is 2.17. The minimum absolute atomic E-state index is 0.0590. The summed E-state index contributed by atoms with van der Waals surface area (Å²) in [6, 6.07) is 5.99. The molecule has 2 aromatic rings. The van der Waals surface area contributed by atoms with Crippen molar-refractivity contribution in [3.05, 3.63) is 29.5 Å². The molecule has 0 unspecified atom stereocenters. The molecule has 1 N–H and O–H groups in total. The number of furan rings is 1. The van der Waals surface area contributed by atoms with Crippen LogP contribution < -0.4 is 5.32 Å². The second-order valence-electron chi connectivity index (χ2n) is 5.28. The lowest BCUT2D eigenvalue weighted by Gasteiger charge is -2.07. The molecule has 1 heterocycles. The Balaban J connectivity index is 2.11. The summed E-state index contributed by atoms with van der Waals surface area (Å²) in [6.07, 6.45) is 7.12. The number of fused-ring (bicyclic) bond motifs is 3. The van der Waals surface area contributed by atoms with Crippen LogP contribution in [0.15, 0.2) is 22.6 Å². The second kappa shape index (κ2) is 5.08. The van der Waals surface area contributed by atoms with Crippen LogP contribution in [0, 0.1) is 0 Å². The SMILES string of the molecule is CC(=O)Nc1cccc2c3c(oc12)CCCCCC3. The Kier molecular flexibility index (Phi) is 3.28. The van der Waals surface area contributed by atoms with Gasteiger partial charge in [-0.2, -0.15) is 0 Å². The fourth-order valence-corrected chi connectivity index (χ4v) is 2.92. The number of hydrogen-bond acceptors (Lipinski definition) is 2. The Morgan fingerprint density at radius 3 is 2.74 bits per heavy atom. The van der Waals surface area contributed by atoms with Gasteiger partial charge in [-0.25, -0.2) is 0 Å². The van der Waals surface area contributed by atoms with Crippen molar-refractivity contribution in [2.45, 2.75) is 45.4 Å². The molecule has 0 atom stereocenters. The van der Waals surface area contributed by atoms with Gasteiger partial charge in [0.25, 0.3) is 0 Å². The van der Waals surface area contributed by atoms with Crippen LogP contribution >= 0.6 is 0 Å². The van der Waals surface area contributed by atoms with E-state index < -0.39 is 0 Å². The zero-order valence-electron chi connectivity index (χ0n) is 11.3. The molecule has 19 heavy (non-hydrogen) atoms. The number of para-hydroxylation sites is 1. The summed E-state index contributed by atoms with van der Waals surface area (Å²) in [5.41, 5.74) is 2.98. The van der Waals surface area contributed by atoms with E-state index in [1.807, 2.05) is 12.1 Å². The average molecular weight is 257 g/mol. The number of hydrogen-bond donors (Lipinski definition) is 1. The average Bonchev–Trinajstić information content (AvgIpc) is 2.67. The van der Waals surface area contributed by atoms with Gasteiger partial charge in [0, 0.05) is 24.3 Å². The third-order valence-corrected chi connectivity index (χ3v) is 3.79. The largest absolute Gasteiger partial charge is 0.459 e. The summed E-state index contributed by atoms with van der Waals surface area (Å²) >= 11 is 0. The first-order valence-corrected chi connectivity index (χ1v) is 7.06. The Labute approximate surface area is 113 Å². The van der Waals surface area contributed by atoms with Crippen molar-refractivity contribution < 1.29 is 9.21 Å². The number of rotatable bonds is 1. The van der Waals surface area contributed by atoms with E-state index >= 15 is 0 Å². The number of amides is 1. The highest BCUT2D eigenvalue weighted by molar-refractivity contribution is 6.00. The first-order valence-electron chi connectivity index (χ1n) is 7.06. The molecule has 0 aliphatic heterocycles. The summed E-state index contributed by atoms with van der Waals surface area (Å²) in [5.74, 6) is 1.06. The predicted octanol–water partition coefficient (Wildman–Crippen LogP) is 4.05. The van der Waals surface area contributed by atoms with Crippen molar-refractivity contribution in [3.63, 3.8) is 0 Å². The number of carbonyl (C=O) groups excluding carboxylic acids is 1. The zero-order valence-corrected chi connectivity index (χ0v) is 11.3. The highest BCUT2D eigenvalue weighted by Crippen LogP contribution is 2.34. The topological polar surface area (TPSA) is 42.2 Å². The summed E-state index contributed by atoms with van der Waals surface area (Å²) in [6.45, 7) is 1.53. The molecule has 1 aliphatic carbocycles. The molecule has 1 amide bonds. The van der Waals surface area contributed by atoms with Gasteiger partial charge in [-0.15, -0.1) is 0 Å². The van der Waals surface area contributed by atoms with Crippen LogP contribution in [0.25, 0.3) is 11.0 Å². The van der Waals surface area contributed by atoms with Crippen molar-refractivity contribution in [1.29, 1.82) is 0 Å². The van der Waals surface area contributed by atoms with Crippen molar-refractivity contribution >= 4 is 22.6 Å². The van der Waals surface area contributed by atoms with Gasteiger partial charge in [0.15, 0.2) is 5.58 Å². The fraction of sp³-hybridized carbons (Fsp3) is 0.438. The molecule has 3 heteroatoms. The van der Waals surface area contributed by atoms with Gasteiger partial charge in [0.1, 0.15) is 5.76 Å². The minimum Gasteiger partial charge on any atom is -0.459 e. The molecule has 0 spiro atoms.